The van der Waals surface area contributed by atoms with Gasteiger partial charge in [-0.1, -0.05) is 23.7 Å². The Labute approximate surface area is 155 Å². The Balaban J connectivity index is 1.93. The maximum absolute atomic E-state index is 12.2. The normalized spacial score (nSPS) is 20.2. The highest BCUT2D eigenvalue weighted by Crippen LogP contribution is 2.41. The summed E-state index contributed by atoms with van der Waals surface area (Å²) < 4.78 is 0. The van der Waals surface area contributed by atoms with Crippen LogP contribution in [0.25, 0.3) is 0 Å². The van der Waals surface area contributed by atoms with Crippen molar-refractivity contribution in [2.24, 2.45) is 4.99 Å². The lowest BCUT2D eigenvalue weighted by molar-refractivity contribution is -0.122. The van der Waals surface area contributed by atoms with Gasteiger partial charge in [-0.05, 0) is 51.8 Å². The van der Waals surface area contributed by atoms with Crippen molar-refractivity contribution in [3.05, 3.63) is 34.9 Å². The van der Waals surface area contributed by atoms with E-state index >= 15 is 0 Å². The zero-order chi connectivity index (χ0) is 18.6. The summed E-state index contributed by atoms with van der Waals surface area (Å²) in [5, 5.41) is 7.22. The summed E-state index contributed by atoms with van der Waals surface area (Å²) in [5.74, 6) is 1.20. The topological polar surface area (TPSA) is 56.7 Å². The first-order valence-corrected chi connectivity index (χ1v) is 9.16. The number of amides is 1. The average molecular weight is 365 g/mol. The van der Waals surface area contributed by atoms with E-state index < -0.39 is 0 Å². The molecule has 2 rings (SSSR count). The summed E-state index contributed by atoms with van der Waals surface area (Å²) in [6.45, 7) is 8.86. The van der Waals surface area contributed by atoms with Crippen LogP contribution in [0.1, 0.15) is 45.6 Å². The van der Waals surface area contributed by atoms with Gasteiger partial charge >= 0.3 is 0 Å². The van der Waals surface area contributed by atoms with Crippen LogP contribution in [-0.2, 0) is 4.79 Å². The minimum Gasteiger partial charge on any atom is -0.353 e. The predicted molar refractivity (Wildman–Crippen MR) is 104 cm³/mol. The number of hydrogen-bond acceptors (Lipinski definition) is 2. The van der Waals surface area contributed by atoms with E-state index in [4.69, 9.17) is 11.6 Å². The maximum Gasteiger partial charge on any atom is 0.240 e. The van der Waals surface area contributed by atoms with Crippen molar-refractivity contribution in [2.45, 2.75) is 51.6 Å². The summed E-state index contributed by atoms with van der Waals surface area (Å²) in [5.41, 5.74) is 1.01. The van der Waals surface area contributed by atoms with Gasteiger partial charge in [-0.2, -0.15) is 0 Å². The molecule has 0 heterocycles. The first-order chi connectivity index (χ1) is 11.7. The Morgan fingerprint density at radius 1 is 1.40 bits per heavy atom. The highest BCUT2D eigenvalue weighted by molar-refractivity contribution is 6.30. The lowest BCUT2D eigenvalue weighted by atomic mass is 10.1. The molecule has 2 N–H and O–H groups in total. The fourth-order valence-corrected chi connectivity index (χ4v) is 3.00. The molecular formula is C19H29ClN4O. The summed E-state index contributed by atoms with van der Waals surface area (Å²) >= 11 is 6.08. The van der Waals surface area contributed by atoms with Crippen LogP contribution >= 0.6 is 11.6 Å². The fourth-order valence-electron chi connectivity index (χ4n) is 2.80. The molecule has 1 aliphatic carbocycles. The Kier molecular flexibility index (Phi) is 6.33. The van der Waals surface area contributed by atoms with Gasteiger partial charge < -0.3 is 15.5 Å². The van der Waals surface area contributed by atoms with Crippen molar-refractivity contribution in [1.29, 1.82) is 0 Å². The van der Waals surface area contributed by atoms with Crippen LogP contribution in [0.5, 0.6) is 0 Å². The van der Waals surface area contributed by atoms with E-state index in [-0.39, 0.29) is 18.0 Å². The van der Waals surface area contributed by atoms with E-state index in [1.807, 2.05) is 57.8 Å². The number of likely N-dealkylation sites (N-methyl/N-ethyl adjacent to an activating group) is 1. The van der Waals surface area contributed by atoms with Crippen molar-refractivity contribution in [3.8, 4) is 0 Å². The van der Waals surface area contributed by atoms with Gasteiger partial charge in [-0.25, -0.2) is 0 Å². The van der Waals surface area contributed by atoms with Crippen LogP contribution in [0.3, 0.4) is 0 Å². The molecule has 1 saturated carbocycles. The maximum atomic E-state index is 12.2. The number of hydrogen-bond donors (Lipinski definition) is 2. The molecular weight excluding hydrogens is 336 g/mol. The molecule has 0 aliphatic heterocycles. The second-order valence-corrected chi connectivity index (χ2v) is 8.04. The molecule has 1 fully saturated rings. The number of halogens is 1. The standard InChI is InChI=1S/C19H29ClN4O/c1-6-21-18(24(5)12-17(25)23-19(2,3)4)22-16-11-15(16)13-8-7-9-14(20)10-13/h7-10,15-16H,6,11-12H2,1-5H3,(H,21,22)(H,23,25). The monoisotopic (exact) mass is 364 g/mol. The zero-order valence-corrected chi connectivity index (χ0v) is 16.5. The summed E-state index contributed by atoms with van der Waals surface area (Å²) in [6.07, 6.45) is 1.05. The first kappa shape index (κ1) is 19.6. The van der Waals surface area contributed by atoms with Crippen LogP contribution in [-0.4, -0.2) is 48.5 Å². The molecule has 6 heteroatoms. The van der Waals surface area contributed by atoms with Gasteiger partial charge in [0, 0.05) is 36.1 Å². The Hall–Kier alpha value is -1.75. The summed E-state index contributed by atoms with van der Waals surface area (Å²) in [7, 11) is 1.89. The van der Waals surface area contributed by atoms with E-state index in [1.54, 1.807) is 0 Å². The molecule has 2 atom stereocenters. The third kappa shape index (κ3) is 6.24. The van der Waals surface area contributed by atoms with Gasteiger partial charge in [-0.15, -0.1) is 0 Å². The van der Waals surface area contributed by atoms with Crippen LogP contribution in [0.4, 0.5) is 0 Å². The molecule has 1 aromatic carbocycles. The first-order valence-electron chi connectivity index (χ1n) is 8.78. The van der Waals surface area contributed by atoms with Crippen LogP contribution in [0, 0.1) is 0 Å². The van der Waals surface area contributed by atoms with Crippen LogP contribution < -0.4 is 10.6 Å². The number of carbonyl (C=O) groups is 1. The number of guanidine groups is 1. The smallest absolute Gasteiger partial charge is 0.240 e. The molecule has 0 bridgehead atoms. The molecule has 0 aromatic heterocycles. The highest BCUT2D eigenvalue weighted by atomic mass is 35.5. The Morgan fingerprint density at radius 2 is 2.12 bits per heavy atom. The van der Waals surface area contributed by atoms with Crippen molar-refractivity contribution < 1.29 is 4.79 Å². The average Bonchev–Trinajstić information content (AvgIpc) is 3.24. The molecule has 0 saturated heterocycles. The Bertz CT molecular complexity index is 639. The molecule has 25 heavy (non-hydrogen) atoms. The van der Waals surface area contributed by atoms with Gasteiger partial charge in [0.25, 0.3) is 0 Å². The number of aliphatic imine (C=N–C) groups is 1. The van der Waals surface area contributed by atoms with Crippen molar-refractivity contribution in [2.75, 3.05) is 20.1 Å². The van der Waals surface area contributed by atoms with Crippen molar-refractivity contribution in [3.63, 3.8) is 0 Å². The second-order valence-electron chi connectivity index (χ2n) is 7.60. The third-order valence-electron chi connectivity index (χ3n) is 3.95. The van der Waals surface area contributed by atoms with E-state index in [0.717, 1.165) is 17.4 Å². The lowest BCUT2D eigenvalue weighted by Gasteiger charge is -2.25. The van der Waals surface area contributed by atoms with E-state index in [1.165, 1.54) is 5.56 Å². The molecule has 138 valence electrons. The summed E-state index contributed by atoms with van der Waals surface area (Å²) in [4.78, 5) is 18.6. The lowest BCUT2D eigenvalue weighted by Crippen LogP contribution is -2.49. The van der Waals surface area contributed by atoms with Crippen LogP contribution in [0.2, 0.25) is 5.02 Å². The number of carbonyl (C=O) groups excluding carboxylic acids is 1. The van der Waals surface area contributed by atoms with E-state index in [0.29, 0.717) is 18.5 Å². The molecule has 1 aromatic rings. The largest absolute Gasteiger partial charge is 0.353 e. The van der Waals surface area contributed by atoms with Crippen molar-refractivity contribution in [1.82, 2.24) is 15.5 Å². The van der Waals surface area contributed by atoms with Gasteiger partial charge in [0.05, 0.1) is 6.54 Å². The van der Waals surface area contributed by atoms with Gasteiger partial charge in [0.1, 0.15) is 0 Å². The van der Waals surface area contributed by atoms with Gasteiger partial charge in [0.15, 0.2) is 5.96 Å². The molecule has 0 radical (unpaired) electrons. The SMILES string of the molecule is CCN=C(NC1CC1c1cccc(Cl)c1)N(C)CC(=O)NC(C)(C)C. The van der Waals surface area contributed by atoms with E-state index in [9.17, 15) is 4.79 Å². The van der Waals surface area contributed by atoms with E-state index in [2.05, 4.69) is 21.7 Å². The zero-order valence-electron chi connectivity index (χ0n) is 15.8. The number of rotatable bonds is 5. The van der Waals surface area contributed by atoms with Crippen LogP contribution in [0.15, 0.2) is 29.3 Å². The number of nitrogens with zero attached hydrogens (tertiary/aromatic N) is 2. The third-order valence-corrected chi connectivity index (χ3v) is 4.18. The fraction of sp³-hybridized carbons (Fsp3) is 0.579. The van der Waals surface area contributed by atoms with Crippen molar-refractivity contribution >= 4 is 23.5 Å². The van der Waals surface area contributed by atoms with Gasteiger partial charge in [-0.3, -0.25) is 9.79 Å². The highest BCUT2D eigenvalue weighted by Gasteiger charge is 2.39. The minimum atomic E-state index is -0.235. The molecule has 5 nitrogen and oxygen atoms in total. The molecule has 2 unspecified atom stereocenters. The predicted octanol–water partition coefficient (Wildman–Crippen LogP) is 3.01. The minimum absolute atomic E-state index is 0.0113. The van der Waals surface area contributed by atoms with Gasteiger partial charge in [0.2, 0.25) is 5.91 Å². The quantitative estimate of drug-likeness (QED) is 0.623. The molecule has 0 spiro atoms. The number of benzene rings is 1. The number of nitrogens with one attached hydrogen (secondary N) is 2. The second kappa shape index (κ2) is 8.09. The molecule has 1 aliphatic rings. The summed E-state index contributed by atoms with van der Waals surface area (Å²) in [6, 6.07) is 8.33. The Morgan fingerprint density at radius 3 is 2.72 bits per heavy atom. The molecule has 1 amide bonds.